The monoisotopic (exact) mass is 393 g/mol. The Hall–Kier alpha value is -1.51. The minimum absolute atomic E-state index is 0.0280. The summed E-state index contributed by atoms with van der Waals surface area (Å²) in [6.45, 7) is 1.65. The van der Waals surface area contributed by atoms with Gasteiger partial charge in [0, 0.05) is 9.13 Å². The lowest BCUT2D eigenvalue weighted by Gasteiger charge is -1.99. The number of carbonyl (C=O) groups excluding carboxylic acids is 1. The molecule has 0 bridgehead atoms. The summed E-state index contributed by atoms with van der Waals surface area (Å²) in [7, 11) is 0. The van der Waals surface area contributed by atoms with Crippen LogP contribution in [0.1, 0.15) is 29.6 Å². The lowest BCUT2D eigenvalue weighted by atomic mass is 10.2. The Labute approximate surface area is 127 Å². The summed E-state index contributed by atoms with van der Waals surface area (Å²) in [4.78, 5) is 15.3. The lowest BCUT2D eigenvalue weighted by Crippen LogP contribution is -2.06. The molecular formula is C13H10F2INO3. The van der Waals surface area contributed by atoms with Gasteiger partial charge in [-0.1, -0.05) is 0 Å². The van der Waals surface area contributed by atoms with Crippen LogP contribution in [0.5, 0.6) is 0 Å². The van der Waals surface area contributed by atoms with E-state index < -0.39 is 23.8 Å². The molecule has 4 nitrogen and oxygen atoms in total. The molecule has 2 rings (SSSR count). The first kappa shape index (κ1) is 14.9. The van der Waals surface area contributed by atoms with Gasteiger partial charge in [0.1, 0.15) is 0 Å². The van der Waals surface area contributed by atoms with Gasteiger partial charge in [-0.25, -0.2) is 18.6 Å². The molecule has 1 heterocycles. The van der Waals surface area contributed by atoms with E-state index in [4.69, 9.17) is 4.42 Å². The summed E-state index contributed by atoms with van der Waals surface area (Å²) in [5, 5.41) is 0. The lowest BCUT2D eigenvalue weighted by molar-refractivity contribution is 0.0476. The van der Waals surface area contributed by atoms with E-state index in [0.717, 1.165) is 3.57 Å². The standard InChI is InChI=1S/C13H10F2INO3/c1-2-19-13(18)10-9(11(14)15)17-12(20-10)7-3-5-8(16)6-4-7/h3-6,11H,2H2,1H3. The highest BCUT2D eigenvalue weighted by Gasteiger charge is 2.27. The van der Waals surface area contributed by atoms with E-state index in [0.29, 0.717) is 5.56 Å². The zero-order chi connectivity index (χ0) is 14.7. The number of oxazole rings is 1. The van der Waals surface area contributed by atoms with Gasteiger partial charge in [0.25, 0.3) is 6.43 Å². The predicted molar refractivity (Wildman–Crippen MR) is 75.6 cm³/mol. The van der Waals surface area contributed by atoms with Crippen LogP contribution in [0.25, 0.3) is 11.5 Å². The number of nitrogens with zero attached hydrogens (tertiary/aromatic N) is 1. The molecule has 0 unspecified atom stereocenters. The van der Waals surface area contributed by atoms with Gasteiger partial charge in [-0.3, -0.25) is 0 Å². The summed E-state index contributed by atoms with van der Waals surface area (Å²) < 4.78 is 36.6. The van der Waals surface area contributed by atoms with E-state index in [1.165, 1.54) is 0 Å². The molecule has 0 aliphatic rings. The van der Waals surface area contributed by atoms with Crippen LogP contribution >= 0.6 is 22.6 Å². The molecule has 0 N–H and O–H groups in total. The highest BCUT2D eigenvalue weighted by atomic mass is 127. The van der Waals surface area contributed by atoms with E-state index in [-0.39, 0.29) is 12.5 Å². The average molecular weight is 393 g/mol. The highest BCUT2D eigenvalue weighted by Crippen LogP contribution is 2.29. The Morgan fingerprint density at radius 3 is 2.60 bits per heavy atom. The first-order chi connectivity index (χ1) is 9.52. The molecule has 0 aliphatic carbocycles. The molecule has 0 aliphatic heterocycles. The molecule has 7 heteroatoms. The highest BCUT2D eigenvalue weighted by molar-refractivity contribution is 14.1. The molecule has 106 valence electrons. The number of carbonyl (C=O) groups is 1. The quantitative estimate of drug-likeness (QED) is 0.581. The second-order valence-corrected chi connectivity index (χ2v) is 5.01. The number of aromatic nitrogens is 1. The first-order valence-corrected chi connectivity index (χ1v) is 6.82. The summed E-state index contributed by atoms with van der Waals surface area (Å²) in [6.07, 6.45) is -2.91. The molecule has 0 saturated carbocycles. The molecule has 0 spiro atoms. The fourth-order valence-electron chi connectivity index (χ4n) is 1.54. The Morgan fingerprint density at radius 1 is 1.40 bits per heavy atom. The molecule has 0 atom stereocenters. The SMILES string of the molecule is CCOC(=O)c1oc(-c2ccc(I)cc2)nc1C(F)F. The molecule has 1 aromatic carbocycles. The molecular weight excluding hydrogens is 383 g/mol. The average Bonchev–Trinajstić information content (AvgIpc) is 2.85. The summed E-state index contributed by atoms with van der Waals surface area (Å²) in [5.74, 6) is -1.51. The van der Waals surface area contributed by atoms with Crippen LogP contribution in [0.3, 0.4) is 0 Å². The summed E-state index contributed by atoms with van der Waals surface area (Å²) >= 11 is 2.11. The smallest absolute Gasteiger partial charge is 0.376 e. The van der Waals surface area contributed by atoms with Gasteiger partial charge in [-0.2, -0.15) is 0 Å². The van der Waals surface area contributed by atoms with Crippen LogP contribution < -0.4 is 0 Å². The van der Waals surface area contributed by atoms with Gasteiger partial charge in [-0.15, -0.1) is 0 Å². The fourth-order valence-corrected chi connectivity index (χ4v) is 1.90. The van der Waals surface area contributed by atoms with Crippen LogP contribution in [0.4, 0.5) is 8.78 Å². The van der Waals surface area contributed by atoms with Gasteiger partial charge < -0.3 is 9.15 Å². The number of halogens is 3. The number of benzene rings is 1. The topological polar surface area (TPSA) is 52.3 Å². The van der Waals surface area contributed by atoms with Gasteiger partial charge >= 0.3 is 5.97 Å². The normalized spacial score (nSPS) is 10.8. The molecule has 0 radical (unpaired) electrons. The van der Waals surface area contributed by atoms with Crippen molar-refractivity contribution >= 4 is 28.6 Å². The number of hydrogen-bond donors (Lipinski definition) is 0. The predicted octanol–water partition coefficient (Wildman–Crippen LogP) is 4.06. The van der Waals surface area contributed by atoms with Crippen molar-refractivity contribution in [3.63, 3.8) is 0 Å². The van der Waals surface area contributed by atoms with Crippen LogP contribution in [0, 0.1) is 3.57 Å². The Morgan fingerprint density at radius 2 is 2.05 bits per heavy atom. The first-order valence-electron chi connectivity index (χ1n) is 5.74. The zero-order valence-corrected chi connectivity index (χ0v) is 12.6. The van der Waals surface area contributed by atoms with Crippen molar-refractivity contribution in [2.45, 2.75) is 13.3 Å². The van der Waals surface area contributed by atoms with Crippen molar-refractivity contribution in [2.75, 3.05) is 6.61 Å². The third-order valence-electron chi connectivity index (χ3n) is 2.41. The minimum Gasteiger partial charge on any atom is -0.460 e. The van der Waals surface area contributed by atoms with Crippen LogP contribution in [-0.4, -0.2) is 17.6 Å². The van der Waals surface area contributed by atoms with Crippen molar-refractivity contribution in [1.82, 2.24) is 4.98 Å². The Kier molecular flexibility index (Phi) is 4.69. The number of alkyl halides is 2. The molecule has 0 fully saturated rings. The maximum atomic E-state index is 12.9. The number of ether oxygens (including phenoxy) is 1. The largest absolute Gasteiger partial charge is 0.460 e. The molecule has 0 saturated heterocycles. The van der Waals surface area contributed by atoms with Crippen molar-refractivity contribution in [3.8, 4) is 11.5 Å². The van der Waals surface area contributed by atoms with E-state index in [1.807, 2.05) is 0 Å². The number of rotatable bonds is 4. The minimum atomic E-state index is -2.91. The molecule has 0 amide bonds. The van der Waals surface area contributed by atoms with Crippen molar-refractivity contribution in [1.29, 1.82) is 0 Å². The zero-order valence-electron chi connectivity index (χ0n) is 10.4. The van der Waals surface area contributed by atoms with Crippen LogP contribution in [0.2, 0.25) is 0 Å². The fraction of sp³-hybridized carbons (Fsp3) is 0.231. The van der Waals surface area contributed by atoms with Gasteiger partial charge in [0.05, 0.1) is 6.61 Å². The van der Waals surface area contributed by atoms with Gasteiger partial charge in [0.15, 0.2) is 5.69 Å². The van der Waals surface area contributed by atoms with Gasteiger partial charge in [-0.05, 0) is 53.8 Å². The molecule has 1 aromatic heterocycles. The van der Waals surface area contributed by atoms with Crippen molar-refractivity contribution < 1.29 is 22.7 Å². The third kappa shape index (κ3) is 3.14. The van der Waals surface area contributed by atoms with Crippen molar-refractivity contribution in [2.24, 2.45) is 0 Å². The number of hydrogen-bond acceptors (Lipinski definition) is 4. The van der Waals surface area contributed by atoms with Crippen LogP contribution in [-0.2, 0) is 4.74 Å². The second-order valence-electron chi connectivity index (χ2n) is 3.76. The Bertz CT molecular complexity index is 611. The van der Waals surface area contributed by atoms with E-state index in [2.05, 4.69) is 32.3 Å². The maximum Gasteiger partial charge on any atom is 0.376 e. The number of esters is 1. The van der Waals surface area contributed by atoms with E-state index >= 15 is 0 Å². The van der Waals surface area contributed by atoms with Gasteiger partial charge in [0.2, 0.25) is 11.7 Å². The molecule has 20 heavy (non-hydrogen) atoms. The molecule has 2 aromatic rings. The second kappa shape index (κ2) is 6.29. The van der Waals surface area contributed by atoms with E-state index in [1.54, 1.807) is 31.2 Å². The summed E-state index contributed by atoms with van der Waals surface area (Å²) in [5.41, 5.74) is -0.181. The van der Waals surface area contributed by atoms with Crippen LogP contribution in [0.15, 0.2) is 28.7 Å². The Balaban J connectivity index is 2.43. The summed E-state index contributed by atoms with van der Waals surface area (Å²) in [6, 6.07) is 6.92. The third-order valence-corrected chi connectivity index (χ3v) is 3.13. The van der Waals surface area contributed by atoms with E-state index in [9.17, 15) is 13.6 Å². The maximum absolute atomic E-state index is 12.9. The van der Waals surface area contributed by atoms with Crippen molar-refractivity contribution in [3.05, 3.63) is 39.3 Å².